The number of rotatable bonds is 1. The van der Waals surface area contributed by atoms with Crippen molar-refractivity contribution in [2.75, 3.05) is 0 Å². The van der Waals surface area contributed by atoms with Gasteiger partial charge in [-0.15, -0.1) is 0 Å². The van der Waals surface area contributed by atoms with Gasteiger partial charge in [0.25, 0.3) is 0 Å². The molecule has 44 valence electrons. The Kier molecular flexibility index (Phi) is 2.08. The van der Waals surface area contributed by atoms with Gasteiger partial charge < -0.3 is 0 Å². The van der Waals surface area contributed by atoms with Gasteiger partial charge in [-0.3, -0.25) is 0 Å². The summed E-state index contributed by atoms with van der Waals surface area (Å²) in [7, 11) is 0. The molecule has 0 atom stereocenters. The SMILES string of the molecule is O=CC1=CC=C[I-]O1. The van der Waals surface area contributed by atoms with Crippen molar-refractivity contribution in [3.8, 4) is 0 Å². The molecular weight excluding hydrogens is 219 g/mol. The van der Waals surface area contributed by atoms with Crippen LogP contribution in [0.4, 0.5) is 0 Å². The molecule has 0 radical (unpaired) electrons. The Morgan fingerprint density at radius 2 is 2.62 bits per heavy atom. The quantitative estimate of drug-likeness (QED) is 0.366. The first kappa shape index (κ1) is 5.81. The Labute approximate surface area is 58.0 Å². The van der Waals surface area contributed by atoms with E-state index >= 15 is 0 Å². The van der Waals surface area contributed by atoms with Crippen LogP contribution in [-0.2, 0) is 7.86 Å². The van der Waals surface area contributed by atoms with E-state index < -0.39 is 0 Å². The molecule has 0 unspecified atom stereocenters. The van der Waals surface area contributed by atoms with Gasteiger partial charge in [-0.2, -0.15) is 0 Å². The first-order valence-electron chi connectivity index (χ1n) is 2.06. The third kappa shape index (κ3) is 1.33. The minimum atomic E-state index is -0.312. The van der Waals surface area contributed by atoms with Crippen molar-refractivity contribution in [2.24, 2.45) is 0 Å². The average Bonchev–Trinajstić information content (AvgIpc) is 1.90. The second-order valence-electron chi connectivity index (χ2n) is 1.17. The molecule has 0 aromatic carbocycles. The number of halogens is 1. The zero-order valence-electron chi connectivity index (χ0n) is 4.00. The number of carbonyl (C=O) groups excluding carboxylic acids is 1. The predicted octanol–water partition coefficient (Wildman–Crippen LogP) is -2.38. The van der Waals surface area contributed by atoms with Gasteiger partial charge >= 0.3 is 57.8 Å². The van der Waals surface area contributed by atoms with E-state index in [1.165, 1.54) is 0 Å². The first-order chi connectivity index (χ1) is 3.93. The molecule has 0 saturated carbocycles. The van der Waals surface area contributed by atoms with Gasteiger partial charge in [0.05, 0.1) is 0 Å². The monoisotopic (exact) mass is 223 g/mol. The molecule has 0 amide bonds. The van der Waals surface area contributed by atoms with E-state index in [1.54, 1.807) is 6.08 Å². The standard InChI is InChI=1S/C5H4IO2/c7-4-5-2-1-3-6-8-5/h1-4H/q-1. The molecule has 2 nitrogen and oxygen atoms in total. The van der Waals surface area contributed by atoms with Gasteiger partial charge in [0, 0.05) is 0 Å². The number of carbonyl (C=O) groups is 1. The zero-order valence-corrected chi connectivity index (χ0v) is 6.16. The maximum atomic E-state index is 9.95. The summed E-state index contributed by atoms with van der Waals surface area (Å²) in [6, 6.07) is 0. The van der Waals surface area contributed by atoms with E-state index in [0.717, 1.165) is 6.29 Å². The maximum absolute atomic E-state index is 9.95. The summed E-state index contributed by atoms with van der Waals surface area (Å²) in [6.45, 7) is 0. The summed E-state index contributed by atoms with van der Waals surface area (Å²) in [6.07, 6.45) is 4.24. The van der Waals surface area contributed by atoms with Crippen LogP contribution in [-0.4, -0.2) is 6.29 Å². The molecule has 3 heteroatoms. The fraction of sp³-hybridized carbons (Fsp3) is 0. The van der Waals surface area contributed by atoms with Crippen molar-refractivity contribution in [1.29, 1.82) is 0 Å². The molecule has 1 aliphatic heterocycles. The molecule has 1 rings (SSSR count). The predicted molar refractivity (Wildman–Crippen MR) is 24.4 cm³/mol. The van der Waals surface area contributed by atoms with Crippen molar-refractivity contribution in [2.45, 2.75) is 0 Å². The van der Waals surface area contributed by atoms with E-state index in [9.17, 15) is 4.79 Å². The second-order valence-corrected chi connectivity index (χ2v) is 2.84. The third-order valence-corrected chi connectivity index (χ3v) is 2.11. The molecule has 0 aromatic heterocycles. The van der Waals surface area contributed by atoms with Crippen LogP contribution in [0.15, 0.2) is 22.0 Å². The van der Waals surface area contributed by atoms with Crippen molar-refractivity contribution in [1.82, 2.24) is 0 Å². The summed E-state index contributed by atoms with van der Waals surface area (Å²) in [5.74, 6) is 0.459. The molecule has 0 spiro atoms. The Balaban J connectivity index is 2.63. The molecule has 1 aliphatic rings. The average molecular weight is 223 g/mol. The van der Waals surface area contributed by atoms with Crippen LogP contribution in [0.1, 0.15) is 0 Å². The molecule has 8 heavy (non-hydrogen) atoms. The zero-order chi connectivity index (χ0) is 5.82. The Morgan fingerprint density at radius 3 is 3.00 bits per heavy atom. The van der Waals surface area contributed by atoms with Crippen LogP contribution < -0.4 is 21.6 Å². The van der Waals surface area contributed by atoms with Gasteiger partial charge in [0.15, 0.2) is 0 Å². The van der Waals surface area contributed by atoms with Crippen molar-refractivity contribution < 1.29 is 29.5 Å². The van der Waals surface area contributed by atoms with Gasteiger partial charge in [0.1, 0.15) is 0 Å². The van der Waals surface area contributed by atoms with Crippen molar-refractivity contribution in [3.05, 3.63) is 22.0 Å². The van der Waals surface area contributed by atoms with Crippen molar-refractivity contribution >= 4 is 6.29 Å². The first-order valence-corrected chi connectivity index (χ1v) is 4.18. The van der Waals surface area contributed by atoms with Crippen LogP contribution >= 0.6 is 0 Å². The Hall–Kier alpha value is -0.320. The van der Waals surface area contributed by atoms with Crippen LogP contribution in [0, 0.1) is 0 Å². The number of allylic oxidation sites excluding steroid dienone is 3. The molecule has 0 aliphatic carbocycles. The summed E-state index contributed by atoms with van der Waals surface area (Å²) in [4.78, 5) is 9.95. The summed E-state index contributed by atoms with van der Waals surface area (Å²) in [5, 5.41) is 0. The van der Waals surface area contributed by atoms with Gasteiger partial charge in [-0.05, 0) is 0 Å². The summed E-state index contributed by atoms with van der Waals surface area (Å²) < 4.78 is 6.89. The number of aldehydes is 1. The minimum absolute atomic E-state index is 0.312. The fourth-order valence-electron chi connectivity index (χ4n) is 0.321. The van der Waals surface area contributed by atoms with Gasteiger partial charge in [-0.1, -0.05) is 0 Å². The van der Waals surface area contributed by atoms with Crippen LogP contribution in [0.2, 0.25) is 0 Å². The summed E-state index contributed by atoms with van der Waals surface area (Å²) >= 11 is -0.312. The van der Waals surface area contributed by atoms with Crippen LogP contribution in [0.3, 0.4) is 0 Å². The van der Waals surface area contributed by atoms with E-state index in [2.05, 4.69) is 0 Å². The number of hydrogen-bond acceptors (Lipinski definition) is 2. The van der Waals surface area contributed by atoms with Crippen LogP contribution in [0.5, 0.6) is 0 Å². The van der Waals surface area contributed by atoms with E-state index in [1.807, 2.05) is 10.2 Å². The molecule has 0 saturated heterocycles. The van der Waals surface area contributed by atoms with Crippen molar-refractivity contribution in [3.63, 3.8) is 0 Å². The molecular formula is C5H4IO2-. The van der Waals surface area contributed by atoms with Gasteiger partial charge in [-0.25, -0.2) is 0 Å². The normalized spacial score (nSPS) is 17.8. The fourth-order valence-corrected chi connectivity index (χ4v) is 1.39. The molecule has 0 fully saturated rings. The number of hydrogen-bond donors (Lipinski definition) is 0. The molecule has 0 bridgehead atoms. The third-order valence-electron chi connectivity index (χ3n) is 0.634. The summed E-state index contributed by atoms with van der Waals surface area (Å²) in [5.41, 5.74) is 0. The molecule has 1 heterocycles. The van der Waals surface area contributed by atoms with Crippen LogP contribution in [0.25, 0.3) is 0 Å². The van der Waals surface area contributed by atoms with E-state index in [-0.39, 0.29) is 21.6 Å². The topological polar surface area (TPSA) is 26.3 Å². The Morgan fingerprint density at radius 1 is 1.75 bits per heavy atom. The molecule has 0 aromatic rings. The second kappa shape index (κ2) is 2.86. The molecule has 0 N–H and O–H groups in total. The van der Waals surface area contributed by atoms with E-state index in [4.69, 9.17) is 3.07 Å². The van der Waals surface area contributed by atoms with E-state index in [0.29, 0.717) is 5.76 Å². The Bertz CT molecular complexity index is 149. The van der Waals surface area contributed by atoms with Gasteiger partial charge in [0.2, 0.25) is 0 Å².